The van der Waals surface area contributed by atoms with Crippen molar-refractivity contribution >= 4 is 79.1 Å². The molecule has 0 amide bonds. The highest BCUT2D eigenvalue weighted by Gasteiger charge is 2.24. The van der Waals surface area contributed by atoms with E-state index in [4.69, 9.17) is 9.47 Å². The summed E-state index contributed by atoms with van der Waals surface area (Å²) in [5.41, 5.74) is 3.01. The molecule has 0 aliphatic carbocycles. The summed E-state index contributed by atoms with van der Waals surface area (Å²) in [6.45, 7) is 0.483. The average molecular weight is 686 g/mol. The van der Waals surface area contributed by atoms with E-state index in [2.05, 4.69) is 66.1 Å². The van der Waals surface area contributed by atoms with Crippen LogP contribution < -0.4 is 4.74 Å². The number of halogens is 3. The molecule has 0 radical (unpaired) electrons. The van der Waals surface area contributed by atoms with Crippen LogP contribution in [0.1, 0.15) is 16.7 Å². The molecule has 1 aliphatic heterocycles. The van der Waals surface area contributed by atoms with Gasteiger partial charge in [-0.2, -0.15) is 0 Å². The second-order valence-electron chi connectivity index (χ2n) is 6.43. The lowest BCUT2D eigenvalue weighted by atomic mass is 10.2. The normalized spacial score (nSPS) is 14.6. The standard InChI is InChI=1S/C23H14BrI2NO3/c24-17-8-6-14(7-9-17)13-29-21-18(25)10-15(11-19(21)26)12-20-23(28)30-22(27-20)16-4-2-1-3-5-16/h1-12H,13H2/b20-12-. The van der Waals surface area contributed by atoms with Crippen LogP contribution in [0.5, 0.6) is 5.75 Å². The van der Waals surface area contributed by atoms with Gasteiger partial charge in [0.1, 0.15) is 12.4 Å². The molecule has 0 spiro atoms. The second kappa shape index (κ2) is 9.61. The van der Waals surface area contributed by atoms with Gasteiger partial charge in [0.05, 0.1) is 7.14 Å². The van der Waals surface area contributed by atoms with E-state index in [9.17, 15) is 4.79 Å². The fourth-order valence-corrected chi connectivity index (χ4v) is 5.20. The Morgan fingerprint density at radius 3 is 2.33 bits per heavy atom. The fourth-order valence-electron chi connectivity index (χ4n) is 2.81. The average Bonchev–Trinajstić information content (AvgIpc) is 3.10. The molecule has 0 bridgehead atoms. The first-order chi connectivity index (χ1) is 14.5. The number of cyclic esters (lactones) is 1. The number of carbonyl (C=O) groups excluding carboxylic acids is 1. The summed E-state index contributed by atoms with van der Waals surface area (Å²) in [4.78, 5) is 16.6. The van der Waals surface area contributed by atoms with Crippen LogP contribution in [-0.2, 0) is 16.1 Å². The largest absolute Gasteiger partial charge is 0.487 e. The number of esters is 1. The highest BCUT2D eigenvalue weighted by atomic mass is 127. The molecule has 1 aliphatic rings. The van der Waals surface area contributed by atoms with Crippen molar-refractivity contribution < 1.29 is 14.3 Å². The zero-order valence-corrected chi connectivity index (χ0v) is 21.3. The Balaban J connectivity index is 1.55. The molecule has 4 rings (SSSR count). The zero-order chi connectivity index (χ0) is 21.1. The van der Waals surface area contributed by atoms with E-state index in [-0.39, 0.29) is 5.70 Å². The van der Waals surface area contributed by atoms with Crippen LogP contribution in [0.3, 0.4) is 0 Å². The van der Waals surface area contributed by atoms with E-state index < -0.39 is 5.97 Å². The number of benzene rings is 3. The van der Waals surface area contributed by atoms with Crippen molar-refractivity contribution in [3.63, 3.8) is 0 Å². The lowest BCUT2D eigenvalue weighted by Gasteiger charge is -2.11. The zero-order valence-electron chi connectivity index (χ0n) is 15.4. The first-order valence-corrected chi connectivity index (χ1v) is 11.9. The van der Waals surface area contributed by atoms with Gasteiger partial charge in [-0.05, 0) is 98.8 Å². The minimum Gasteiger partial charge on any atom is -0.487 e. The van der Waals surface area contributed by atoms with Gasteiger partial charge in [-0.1, -0.05) is 46.3 Å². The monoisotopic (exact) mass is 685 g/mol. The molecule has 3 aromatic carbocycles. The molecule has 7 heteroatoms. The van der Waals surface area contributed by atoms with Gasteiger partial charge in [-0.3, -0.25) is 0 Å². The maximum absolute atomic E-state index is 12.2. The molecule has 150 valence electrons. The van der Waals surface area contributed by atoms with E-state index in [1.807, 2.05) is 66.7 Å². The van der Waals surface area contributed by atoms with Crippen molar-refractivity contribution in [2.75, 3.05) is 0 Å². The van der Waals surface area contributed by atoms with E-state index in [0.29, 0.717) is 12.5 Å². The number of hydrogen-bond acceptors (Lipinski definition) is 4. The molecule has 0 atom stereocenters. The van der Waals surface area contributed by atoms with Crippen LogP contribution in [0.15, 0.2) is 81.9 Å². The molecule has 0 saturated carbocycles. The van der Waals surface area contributed by atoms with Crippen LogP contribution in [0.4, 0.5) is 0 Å². The molecule has 0 aromatic heterocycles. The van der Waals surface area contributed by atoms with Crippen molar-refractivity contribution in [3.05, 3.63) is 101 Å². The Hall–Kier alpha value is -1.72. The molecule has 30 heavy (non-hydrogen) atoms. The number of ether oxygens (including phenoxy) is 2. The maximum atomic E-state index is 12.2. The first kappa shape index (κ1) is 21.5. The van der Waals surface area contributed by atoms with Crippen LogP contribution in [-0.4, -0.2) is 11.9 Å². The molecular formula is C23H14BrI2NO3. The van der Waals surface area contributed by atoms with Gasteiger partial charge in [-0.25, -0.2) is 9.79 Å². The van der Waals surface area contributed by atoms with Crippen LogP contribution in [0, 0.1) is 7.14 Å². The number of aliphatic imine (C=N–C) groups is 1. The van der Waals surface area contributed by atoms with Gasteiger partial charge in [0.15, 0.2) is 5.70 Å². The van der Waals surface area contributed by atoms with Crippen LogP contribution in [0.25, 0.3) is 6.08 Å². The molecule has 0 N–H and O–H groups in total. The highest BCUT2D eigenvalue weighted by molar-refractivity contribution is 14.1. The van der Waals surface area contributed by atoms with Crippen molar-refractivity contribution in [2.45, 2.75) is 6.61 Å². The predicted molar refractivity (Wildman–Crippen MR) is 137 cm³/mol. The quantitative estimate of drug-likeness (QED) is 0.173. The van der Waals surface area contributed by atoms with Gasteiger partial charge >= 0.3 is 5.97 Å². The topological polar surface area (TPSA) is 47.9 Å². The van der Waals surface area contributed by atoms with Gasteiger partial charge < -0.3 is 9.47 Å². The van der Waals surface area contributed by atoms with Crippen molar-refractivity contribution in [1.82, 2.24) is 0 Å². The minimum absolute atomic E-state index is 0.281. The lowest BCUT2D eigenvalue weighted by Crippen LogP contribution is -2.05. The van der Waals surface area contributed by atoms with Crippen molar-refractivity contribution in [1.29, 1.82) is 0 Å². The Kier molecular flexibility index (Phi) is 6.89. The summed E-state index contributed by atoms with van der Waals surface area (Å²) in [6, 6.07) is 21.4. The molecule has 1 heterocycles. The van der Waals surface area contributed by atoms with Crippen molar-refractivity contribution in [2.24, 2.45) is 4.99 Å². The summed E-state index contributed by atoms with van der Waals surface area (Å²) < 4.78 is 14.3. The van der Waals surface area contributed by atoms with Crippen LogP contribution >= 0.6 is 61.1 Å². The molecule has 3 aromatic rings. The lowest BCUT2D eigenvalue weighted by molar-refractivity contribution is -0.129. The Morgan fingerprint density at radius 2 is 1.67 bits per heavy atom. The van der Waals surface area contributed by atoms with Crippen LogP contribution in [0.2, 0.25) is 0 Å². The summed E-state index contributed by atoms with van der Waals surface area (Å²) in [7, 11) is 0. The molecule has 4 nitrogen and oxygen atoms in total. The third kappa shape index (κ3) is 5.12. The Bertz CT molecular complexity index is 1140. The SMILES string of the molecule is O=C1OC(c2ccccc2)=N/C1=C\c1cc(I)c(OCc2ccc(Br)cc2)c(I)c1. The second-order valence-corrected chi connectivity index (χ2v) is 9.67. The van der Waals surface area contributed by atoms with Gasteiger partial charge in [-0.15, -0.1) is 0 Å². The maximum Gasteiger partial charge on any atom is 0.363 e. The first-order valence-electron chi connectivity index (χ1n) is 8.94. The molecule has 0 saturated heterocycles. The van der Waals surface area contributed by atoms with E-state index in [1.165, 1.54) is 0 Å². The minimum atomic E-state index is -0.450. The van der Waals surface area contributed by atoms with E-state index >= 15 is 0 Å². The smallest absolute Gasteiger partial charge is 0.363 e. The number of rotatable bonds is 5. The summed E-state index contributed by atoms with van der Waals surface area (Å²) in [6.07, 6.45) is 1.74. The number of nitrogens with zero attached hydrogens (tertiary/aromatic N) is 1. The number of hydrogen-bond donors (Lipinski definition) is 0. The van der Waals surface area contributed by atoms with Gasteiger partial charge in [0.2, 0.25) is 5.90 Å². The predicted octanol–water partition coefficient (Wildman–Crippen LogP) is 6.58. The molecule has 0 unspecified atom stereocenters. The Morgan fingerprint density at radius 1 is 1.00 bits per heavy atom. The van der Waals surface area contributed by atoms with Gasteiger partial charge in [0, 0.05) is 10.0 Å². The summed E-state index contributed by atoms with van der Waals surface area (Å²) in [5, 5.41) is 0. The third-order valence-corrected chi connectivity index (χ3v) is 6.39. The highest BCUT2D eigenvalue weighted by Crippen LogP contribution is 2.31. The van der Waals surface area contributed by atoms with E-state index in [0.717, 1.165) is 34.1 Å². The van der Waals surface area contributed by atoms with E-state index in [1.54, 1.807) is 6.08 Å². The Labute approximate surface area is 209 Å². The molecular weight excluding hydrogens is 672 g/mol. The van der Waals surface area contributed by atoms with Gasteiger partial charge in [0.25, 0.3) is 0 Å². The summed E-state index contributed by atoms with van der Waals surface area (Å²) in [5.74, 6) is 0.698. The number of carbonyl (C=O) groups is 1. The molecule has 0 fully saturated rings. The van der Waals surface area contributed by atoms with Crippen molar-refractivity contribution in [3.8, 4) is 5.75 Å². The fraction of sp³-hybridized carbons (Fsp3) is 0.0435. The summed E-state index contributed by atoms with van der Waals surface area (Å²) >= 11 is 7.93. The third-order valence-electron chi connectivity index (χ3n) is 4.26.